The molecule has 1 saturated heterocycles. The molecule has 156 valence electrons. The number of nitrogens with one attached hydrogen (secondary N) is 1. The van der Waals surface area contributed by atoms with Crippen LogP contribution in [-0.4, -0.2) is 37.3 Å². The third-order valence-corrected chi connectivity index (χ3v) is 5.19. The van der Waals surface area contributed by atoms with Crippen LogP contribution < -0.4 is 5.32 Å². The number of pyridine rings is 1. The lowest BCUT2D eigenvalue weighted by Crippen LogP contribution is -2.31. The van der Waals surface area contributed by atoms with Crippen LogP contribution in [0.3, 0.4) is 0 Å². The van der Waals surface area contributed by atoms with E-state index in [4.69, 9.17) is 9.40 Å². The summed E-state index contributed by atoms with van der Waals surface area (Å²) in [5.41, 5.74) is 3.26. The fraction of sp³-hybridized carbons (Fsp3) is 0.409. The summed E-state index contributed by atoms with van der Waals surface area (Å²) in [5, 5.41) is 3.18. The summed E-state index contributed by atoms with van der Waals surface area (Å²) < 4.78 is 5.70. The highest BCUT2D eigenvalue weighted by Gasteiger charge is 2.34. The van der Waals surface area contributed by atoms with Gasteiger partial charge in [-0.15, -0.1) is 0 Å². The second-order valence-corrected chi connectivity index (χ2v) is 7.58. The third-order valence-electron chi connectivity index (χ3n) is 5.19. The van der Waals surface area contributed by atoms with Crippen molar-refractivity contribution in [2.75, 3.05) is 11.9 Å². The Balaban J connectivity index is 1.57. The molecule has 3 aromatic rings. The lowest BCUT2D eigenvalue weighted by Gasteiger charge is -2.24. The van der Waals surface area contributed by atoms with Gasteiger partial charge < -0.3 is 14.6 Å². The predicted octanol–water partition coefficient (Wildman–Crippen LogP) is 4.07. The average Bonchev–Trinajstić information content (AvgIpc) is 3.33. The standard InChI is InChI=1S/C22H26N6O2/c1-5-19-25-15(4)20(30-19)21(29)28-11-7-9-17(28)16-8-6-10-18(26-16)27-22-23-13(2)12-14(3)24-22/h6,8,10,12,17H,5,7,9,11H2,1-4H3,(H,23,24,26,27)/t17-/m1/s1. The van der Waals surface area contributed by atoms with Crippen molar-refractivity contribution in [2.45, 2.75) is 53.0 Å². The minimum Gasteiger partial charge on any atom is -0.435 e. The molecule has 1 N–H and O–H groups in total. The lowest BCUT2D eigenvalue weighted by atomic mass is 10.1. The van der Waals surface area contributed by atoms with E-state index in [2.05, 4.69) is 20.3 Å². The SMILES string of the molecule is CCc1nc(C)c(C(=O)N2CCC[C@@H]2c2cccc(Nc3nc(C)cc(C)n3)n2)o1. The van der Waals surface area contributed by atoms with Crippen LogP contribution in [0, 0.1) is 20.8 Å². The normalized spacial score (nSPS) is 16.1. The number of aromatic nitrogens is 4. The molecule has 1 aliphatic heterocycles. The molecule has 4 rings (SSSR count). The molecule has 30 heavy (non-hydrogen) atoms. The molecule has 8 nitrogen and oxygen atoms in total. The Labute approximate surface area is 175 Å². The number of rotatable bonds is 5. The molecule has 3 aromatic heterocycles. The van der Waals surface area contributed by atoms with E-state index in [1.807, 2.05) is 56.9 Å². The van der Waals surface area contributed by atoms with E-state index >= 15 is 0 Å². The van der Waals surface area contributed by atoms with Crippen LogP contribution in [0.5, 0.6) is 0 Å². The Kier molecular flexibility index (Phi) is 5.48. The third kappa shape index (κ3) is 4.03. The second-order valence-electron chi connectivity index (χ2n) is 7.58. The number of aryl methyl sites for hydroxylation is 4. The zero-order chi connectivity index (χ0) is 21.3. The molecular weight excluding hydrogens is 380 g/mol. The molecule has 1 amide bonds. The van der Waals surface area contributed by atoms with Crippen LogP contribution in [0.1, 0.15) is 65.0 Å². The van der Waals surface area contributed by atoms with E-state index in [1.54, 1.807) is 0 Å². The minimum atomic E-state index is -0.125. The molecule has 0 spiro atoms. The number of anilines is 2. The van der Waals surface area contributed by atoms with Gasteiger partial charge in [-0.3, -0.25) is 4.79 Å². The number of carbonyl (C=O) groups excluding carboxylic acids is 1. The first-order valence-electron chi connectivity index (χ1n) is 10.3. The number of nitrogens with zero attached hydrogens (tertiary/aromatic N) is 5. The van der Waals surface area contributed by atoms with Gasteiger partial charge in [0, 0.05) is 24.4 Å². The van der Waals surface area contributed by atoms with Gasteiger partial charge in [-0.1, -0.05) is 13.0 Å². The van der Waals surface area contributed by atoms with Crippen LogP contribution in [0.4, 0.5) is 11.8 Å². The summed E-state index contributed by atoms with van der Waals surface area (Å²) in [6.45, 7) is 8.31. The van der Waals surface area contributed by atoms with Gasteiger partial charge >= 0.3 is 0 Å². The van der Waals surface area contributed by atoms with Gasteiger partial charge in [0.05, 0.1) is 17.4 Å². The predicted molar refractivity (Wildman–Crippen MR) is 113 cm³/mol. The first-order chi connectivity index (χ1) is 14.4. The molecule has 0 aromatic carbocycles. The molecule has 0 unspecified atom stereocenters. The lowest BCUT2D eigenvalue weighted by molar-refractivity contribution is 0.0697. The first kappa shape index (κ1) is 20.0. The largest absolute Gasteiger partial charge is 0.435 e. The van der Waals surface area contributed by atoms with Crippen molar-refractivity contribution in [3.63, 3.8) is 0 Å². The molecule has 0 saturated carbocycles. The van der Waals surface area contributed by atoms with E-state index in [1.165, 1.54) is 0 Å². The van der Waals surface area contributed by atoms with Gasteiger partial charge in [0.15, 0.2) is 5.89 Å². The van der Waals surface area contributed by atoms with Crippen LogP contribution in [-0.2, 0) is 6.42 Å². The van der Waals surface area contributed by atoms with Crippen molar-refractivity contribution in [1.29, 1.82) is 0 Å². The van der Waals surface area contributed by atoms with Crippen LogP contribution in [0.15, 0.2) is 28.7 Å². The van der Waals surface area contributed by atoms with E-state index in [-0.39, 0.29) is 11.9 Å². The Hall–Kier alpha value is -3.29. The molecule has 0 bridgehead atoms. The van der Waals surface area contributed by atoms with Crippen molar-refractivity contribution < 1.29 is 9.21 Å². The number of amides is 1. The molecule has 0 radical (unpaired) electrons. The number of carbonyl (C=O) groups is 1. The maximum atomic E-state index is 13.2. The average molecular weight is 406 g/mol. The van der Waals surface area contributed by atoms with Gasteiger partial charge in [0.2, 0.25) is 11.7 Å². The van der Waals surface area contributed by atoms with Gasteiger partial charge in [0.1, 0.15) is 5.82 Å². The van der Waals surface area contributed by atoms with Crippen LogP contribution in [0.2, 0.25) is 0 Å². The van der Waals surface area contributed by atoms with Gasteiger partial charge in [-0.2, -0.15) is 0 Å². The van der Waals surface area contributed by atoms with Gasteiger partial charge in [0.25, 0.3) is 5.91 Å². The molecular formula is C22H26N6O2. The summed E-state index contributed by atoms with van der Waals surface area (Å²) in [7, 11) is 0. The van der Waals surface area contributed by atoms with Crippen molar-refractivity contribution in [2.24, 2.45) is 0 Å². The van der Waals surface area contributed by atoms with Crippen molar-refractivity contribution >= 4 is 17.7 Å². The Bertz CT molecular complexity index is 1060. The molecule has 0 aliphatic carbocycles. The Morgan fingerprint density at radius 3 is 2.63 bits per heavy atom. The zero-order valence-electron chi connectivity index (χ0n) is 17.8. The topological polar surface area (TPSA) is 97.0 Å². The Morgan fingerprint density at radius 2 is 1.93 bits per heavy atom. The van der Waals surface area contributed by atoms with E-state index in [0.717, 1.165) is 29.9 Å². The Morgan fingerprint density at radius 1 is 1.17 bits per heavy atom. The summed E-state index contributed by atoms with van der Waals surface area (Å²) in [6, 6.07) is 7.58. The highest BCUT2D eigenvalue weighted by Crippen LogP contribution is 2.33. The van der Waals surface area contributed by atoms with E-state index < -0.39 is 0 Å². The molecule has 1 fully saturated rings. The smallest absolute Gasteiger partial charge is 0.292 e. The van der Waals surface area contributed by atoms with Crippen molar-refractivity contribution in [1.82, 2.24) is 24.8 Å². The van der Waals surface area contributed by atoms with Crippen molar-refractivity contribution in [3.8, 4) is 0 Å². The maximum absolute atomic E-state index is 13.2. The molecule has 1 atom stereocenters. The summed E-state index contributed by atoms with van der Waals surface area (Å²) in [6.07, 6.45) is 2.44. The molecule has 4 heterocycles. The number of oxazole rings is 1. The summed E-state index contributed by atoms with van der Waals surface area (Å²) in [5.74, 6) is 1.96. The zero-order valence-corrected chi connectivity index (χ0v) is 17.8. The first-order valence-corrected chi connectivity index (χ1v) is 10.3. The number of likely N-dealkylation sites (tertiary alicyclic amines) is 1. The van der Waals surface area contributed by atoms with Crippen LogP contribution >= 0.6 is 0 Å². The van der Waals surface area contributed by atoms with E-state index in [9.17, 15) is 4.79 Å². The molecule has 8 heteroatoms. The second kappa shape index (κ2) is 8.22. The highest BCUT2D eigenvalue weighted by atomic mass is 16.4. The van der Waals surface area contributed by atoms with Crippen molar-refractivity contribution in [3.05, 3.63) is 58.7 Å². The highest BCUT2D eigenvalue weighted by molar-refractivity contribution is 5.93. The maximum Gasteiger partial charge on any atom is 0.292 e. The fourth-order valence-corrected chi connectivity index (χ4v) is 3.85. The van der Waals surface area contributed by atoms with Crippen LogP contribution in [0.25, 0.3) is 0 Å². The number of hydrogen-bond donors (Lipinski definition) is 1. The van der Waals surface area contributed by atoms with Gasteiger partial charge in [-0.25, -0.2) is 19.9 Å². The minimum absolute atomic E-state index is 0.103. The summed E-state index contributed by atoms with van der Waals surface area (Å²) in [4.78, 5) is 32.9. The quantitative estimate of drug-likeness (QED) is 0.682. The van der Waals surface area contributed by atoms with Gasteiger partial charge in [-0.05, 0) is 51.8 Å². The van der Waals surface area contributed by atoms with E-state index in [0.29, 0.717) is 42.1 Å². The molecule has 1 aliphatic rings. The monoisotopic (exact) mass is 406 g/mol. The fourth-order valence-electron chi connectivity index (χ4n) is 3.85. The number of hydrogen-bond acceptors (Lipinski definition) is 7. The summed E-state index contributed by atoms with van der Waals surface area (Å²) >= 11 is 0.